The van der Waals surface area contributed by atoms with Gasteiger partial charge in [-0.05, 0) is 34.9 Å². The van der Waals surface area contributed by atoms with Crippen molar-refractivity contribution in [2.24, 2.45) is 0 Å². The Morgan fingerprint density at radius 2 is 1.75 bits per heavy atom. The number of hydrogen-bond donors (Lipinski definition) is 5. The van der Waals surface area contributed by atoms with Crippen molar-refractivity contribution in [2.45, 2.75) is 13.1 Å². The van der Waals surface area contributed by atoms with Crippen molar-refractivity contribution in [3.63, 3.8) is 0 Å². The summed E-state index contributed by atoms with van der Waals surface area (Å²) in [5, 5.41) is 13.5. The number of carbonyl (C=O) groups is 1. The zero-order valence-electron chi connectivity index (χ0n) is 19.0. The summed E-state index contributed by atoms with van der Waals surface area (Å²) in [6, 6.07) is 12.7. The highest BCUT2D eigenvalue weighted by Crippen LogP contribution is 2.25. The van der Waals surface area contributed by atoms with Gasteiger partial charge in [-0.15, -0.1) is 0 Å². The fraction of sp³-hybridized carbons (Fsp3) is 0.0800. The molecule has 0 atom stereocenters. The van der Waals surface area contributed by atoms with E-state index in [0.717, 1.165) is 28.3 Å². The Morgan fingerprint density at radius 1 is 0.917 bits per heavy atom. The van der Waals surface area contributed by atoms with Crippen molar-refractivity contribution in [2.75, 3.05) is 16.8 Å². The molecule has 1 amide bonds. The number of nitrogens with one attached hydrogen (secondary N) is 3. The second kappa shape index (κ2) is 9.66. The number of hydrogen-bond acceptors (Lipinski definition) is 8. The molecule has 10 nitrogen and oxygen atoms in total. The average Bonchev–Trinajstić information content (AvgIpc) is 3.27. The summed E-state index contributed by atoms with van der Waals surface area (Å²) in [6.07, 6.45) is 5.82. The smallest absolute Gasteiger partial charge is 0.255 e. The number of rotatable bonds is 7. The number of aromatic amines is 1. The van der Waals surface area contributed by atoms with Gasteiger partial charge in [0.25, 0.3) is 5.91 Å². The van der Waals surface area contributed by atoms with Crippen molar-refractivity contribution < 1.29 is 9.18 Å². The van der Waals surface area contributed by atoms with Crippen LogP contribution >= 0.6 is 0 Å². The van der Waals surface area contributed by atoms with Crippen LogP contribution in [0, 0.1) is 5.82 Å². The molecule has 0 saturated heterocycles. The number of nitrogens with zero attached hydrogens (tertiary/aromatic N) is 4. The number of benzene rings is 1. The predicted molar refractivity (Wildman–Crippen MR) is 135 cm³/mol. The molecule has 180 valence electrons. The van der Waals surface area contributed by atoms with Crippen LogP contribution in [-0.4, -0.2) is 31.1 Å². The van der Waals surface area contributed by atoms with Crippen molar-refractivity contribution in [1.29, 1.82) is 0 Å². The first-order valence-electron chi connectivity index (χ1n) is 11.0. The van der Waals surface area contributed by atoms with Crippen LogP contribution in [0.15, 0.2) is 67.3 Å². The first-order chi connectivity index (χ1) is 17.5. The third-order valence-corrected chi connectivity index (χ3v) is 5.55. The third kappa shape index (κ3) is 4.89. The largest absolute Gasteiger partial charge is 0.397 e. The minimum atomic E-state index is -0.469. The van der Waals surface area contributed by atoms with E-state index in [1.165, 1.54) is 18.5 Å². The van der Waals surface area contributed by atoms with Crippen molar-refractivity contribution in [1.82, 2.24) is 30.5 Å². The number of nitrogens with two attached hydrogens (primary N) is 2. The lowest BCUT2D eigenvalue weighted by molar-refractivity contribution is 0.0951. The molecule has 11 heteroatoms. The van der Waals surface area contributed by atoms with E-state index < -0.39 is 11.7 Å². The van der Waals surface area contributed by atoms with Gasteiger partial charge >= 0.3 is 0 Å². The van der Waals surface area contributed by atoms with E-state index in [1.807, 2.05) is 30.3 Å². The third-order valence-electron chi connectivity index (χ3n) is 5.55. The van der Waals surface area contributed by atoms with Gasteiger partial charge in [-0.3, -0.25) is 14.9 Å². The minimum absolute atomic E-state index is 0.115. The number of halogens is 1. The summed E-state index contributed by atoms with van der Waals surface area (Å²) in [5.41, 5.74) is 16.4. The maximum absolute atomic E-state index is 13.4. The Morgan fingerprint density at radius 3 is 2.56 bits per heavy atom. The molecule has 0 aliphatic carbocycles. The van der Waals surface area contributed by atoms with Gasteiger partial charge < -0.3 is 22.1 Å². The normalized spacial score (nSPS) is 10.9. The number of nitrogen functional groups attached to an aromatic ring is 2. The van der Waals surface area contributed by atoms with Crippen LogP contribution in [0.1, 0.15) is 21.5 Å². The van der Waals surface area contributed by atoms with Crippen molar-refractivity contribution in [3.8, 4) is 11.1 Å². The average molecular weight is 484 g/mol. The fourth-order valence-electron chi connectivity index (χ4n) is 3.70. The second-order valence-corrected chi connectivity index (χ2v) is 8.14. The summed E-state index contributed by atoms with van der Waals surface area (Å²) < 4.78 is 13.4. The van der Waals surface area contributed by atoms with E-state index in [9.17, 15) is 9.18 Å². The first-order valence-corrected chi connectivity index (χ1v) is 11.0. The van der Waals surface area contributed by atoms with E-state index in [-0.39, 0.29) is 12.1 Å². The summed E-state index contributed by atoms with van der Waals surface area (Å²) in [6.45, 7) is 0.543. The maximum atomic E-state index is 13.4. The number of aromatic nitrogens is 5. The Bertz CT molecular complexity index is 1550. The zero-order chi connectivity index (χ0) is 25.1. The van der Waals surface area contributed by atoms with Crippen LogP contribution in [0.5, 0.6) is 0 Å². The van der Waals surface area contributed by atoms with Crippen LogP contribution in [0.3, 0.4) is 0 Å². The fourth-order valence-corrected chi connectivity index (χ4v) is 3.70. The molecular weight excluding hydrogens is 461 g/mol. The monoisotopic (exact) mass is 483 g/mol. The van der Waals surface area contributed by atoms with Crippen molar-refractivity contribution in [3.05, 3.63) is 89.8 Å². The molecule has 36 heavy (non-hydrogen) atoms. The van der Waals surface area contributed by atoms with Gasteiger partial charge in [0.05, 0.1) is 29.0 Å². The summed E-state index contributed by atoms with van der Waals surface area (Å²) in [7, 11) is 0. The number of anilines is 3. The highest BCUT2D eigenvalue weighted by atomic mass is 19.1. The highest BCUT2D eigenvalue weighted by molar-refractivity contribution is 5.99. The number of carbonyl (C=O) groups excluding carboxylic acids is 1. The van der Waals surface area contributed by atoms with Crippen molar-refractivity contribution >= 4 is 34.3 Å². The maximum Gasteiger partial charge on any atom is 0.255 e. The lowest BCUT2D eigenvalue weighted by Crippen LogP contribution is -2.24. The molecule has 7 N–H and O–H groups in total. The molecule has 4 aromatic heterocycles. The standard InChI is InChI=1S/C25H22FN9O/c26-18-5-15(8-29-12-18)10-33-25(36)21-7-19(27)13-32-23(21)30-9-14-1-3-16(4-2-14)17-6-20-22(28)34-35-24(20)31-11-17/h1-8,11-13H,9-10,27H2,(H,30,32)(H,33,36)(H3,28,31,34,35). The van der Waals surface area contributed by atoms with Gasteiger partial charge in [0.2, 0.25) is 0 Å². The lowest BCUT2D eigenvalue weighted by Gasteiger charge is -2.13. The van der Waals surface area contributed by atoms with Crippen LogP contribution in [0.4, 0.5) is 21.7 Å². The molecule has 4 heterocycles. The quantitative estimate of drug-likeness (QED) is 0.236. The van der Waals surface area contributed by atoms with Gasteiger partial charge in [0.15, 0.2) is 5.65 Å². The van der Waals surface area contributed by atoms with Gasteiger partial charge in [-0.2, -0.15) is 5.10 Å². The molecule has 0 spiro atoms. The number of amides is 1. The molecule has 0 radical (unpaired) electrons. The zero-order valence-corrected chi connectivity index (χ0v) is 19.0. The summed E-state index contributed by atoms with van der Waals surface area (Å²) in [4.78, 5) is 25.2. The van der Waals surface area contributed by atoms with Gasteiger partial charge in [-0.25, -0.2) is 14.4 Å². The molecule has 0 aliphatic rings. The number of pyridine rings is 3. The molecule has 0 fully saturated rings. The van der Waals surface area contributed by atoms with Crippen LogP contribution in [0.25, 0.3) is 22.2 Å². The Balaban J connectivity index is 1.27. The molecule has 0 bridgehead atoms. The molecule has 0 aliphatic heterocycles. The van der Waals surface area contributed by atoms with E-state index in [2.05, 4.69) is 35.8 Å². The van der Waals surface area contributed by atoms with Gasteiger partial charge in [0.1, 0.15) is 17.5 Å². The molecule has 5 rings (SSSR count). The van der Waals surface area contributed by atoms with Gasteiger partial charge in [-0.1, -0.05) is 24.3 Å². The number of H-pyrrole nitrogens is 1. The molecule has 0 unspecified atom stereocenters. The van der Waals surface area contributed by atoms with E-state index in [0.29, 0.717) is 35.1 Å². The van der Waals surface area contributed by atoms with E-state index >= 15 is 0 Å². The highest BCUT2D eigenvalue weighted by Gasteiger charge is 2.14. The van der Waals surface area contributed by atoms with E-state index in [4.69, 9.17) is 11.5 Å². The molecule has 5 aromatic rings. The van der Waals surface area contributed by atoms with Crippen LogP contribution in [0.2, 0.25) is 0 Å². The first kappa shape index (κ1) is 22.7. The SMILES string of the molecule is Nc1cnc(NCc2ccc(-c3cnc4n[nH]c(N)c4c3)cc2)c(C(=O)NCc2cncc(F)c2)c1. The molecule has 0 saturated carbocycles. The summed E-state index contributed by atoms with van der Waals surface area (Å²) in [5.74, 6) is -0.00155. The topological polar surface area (TPSA) is 161 Å². The lowest BCUT2D eigenvalue weighted by atomic mass is 10.0. The Kier molecular flexibility index (Phi) is 6.10. The summed E-state index contributed by atoms with van der Waals surface area (Å²) >= 11 is 0. The Hall–Kier alpha value is -5.06. The van der Waals surface area contributed by atoms with Crippen LogP contribution < -0.4 is 22.1 Å². The molecular formula is C25H22FN9O. The minimum Gasteiger partial charge on any atom is -0.397 e. The molecule has 1 aromatic carbocycles. The number of fused-ring (bicyclic) bond motifs is 1. The van der Waals surface area contributed by atoms with Gasteiger partial charge in [0, 0.05) is 31.0 Å². The van der Waals surface area contributed by atoms with Crippen LogP contribution in [-0.2, 0) is 13.1 Å². The predicted octanol–water partition coefficient (Wildman–Crippen LogP) is 3.26. The Labute approximate surface area is 205 Å². The second-order valence-electron chi connectivity index (χ2n) is 8.14. The van der Waals surface area contributed by atoms with E-state index in [1.54, 1.807) is 12.3 Å².